The van der Waals surface area contributed by atoms with E-state index >= 15 is 0 Å². The Balaban J connectivity index is 1.80. The van der Waals surface area contributed by atoms with Crippen LogP contribution in [0.25, 0.3) is 10.9 Å². The molecule has 2 heterocycles. The maximum absolute atomic E-state index is 13.3. The summed E-state index contributed by atoms with van der Waals surface area (Å²) in [6, 6.07) is 9.22. The first kappa shape index (κ1) is 16.3. The zero-order valence-corrected chi connectivity index (χ0v) is 12.7. The van der Waals surface area contributed by atoms with E-state index in [0.717, 1.165) is 10.9 Å². The van der Waals surface area contributed by atoms with E-state index in [4.69, 9.17) is 0 Å². The molecule has 0 saturated carbocycles. The summed E-state index contributed by atoms with van der Waals surface area (Å²) in [5.41, 5.74) is 1.51. The minimum absolute atomic E-state index is 0.0581. The van der Waals surface area contributed by atoms with Crippen LogP contribution in [0.15, 0.2) is 48.8 Å². The standard InChI is InChI=1S/C17H14F4N2O/c1-11(23-7-6-12-8-13(18)2-5-16(12)23)15-4-3-14(9-22-15)24-10-17(19,20)21/h2-9,11H,10H2,1H3/t11-/m1/s1. The van der Waals surface area contributed by atoms with Gasteiger partial charge in [-0.3, -0.25) is 4.98 Å². The Bertz CT molecular complexity index is 840. The van der Waals surface area contributed by atoms with E-state index in [0.29, 0.717) is 5.69 Å². The molecule has 0 unspecified atom stereocenters. The van der Waals surface area contributed by atoms with Crippen molar-refractivity contribution in [2.45, 2.75) is 19.1 Å². The van der Waals surface area contributed by atoms with Gasteiger partial charge in [0, 0.05) is 17.1 Å². The highest BCUT2D eigenvalue weighted by Crippen LogP contribution is 2.25. The zero-order chi connectivity index (χ0) is 17.3. The van der Waals surface area contributed by atoms with Gasteiger partial charge in [-0.2, -0.15) is 13.2 Å². The topological polar surface area (TPSA) is 27.1 Å². The van der Waals surface area contributed by atoms with E-state index in [9.17, 15) is 17.6 Å². The van der Waals surface area contributed by atoms with E-state index in [1.165, 1.54) is 24.4 Å². The van der Waals surface area contributed by atoms with Crippen LogP contribution in [0.1, 0.15) is 18.7 Å². The number of benzene rings is 1. The molecule has 0 radical (unpaired) electrons. The molecule has 0 bridgehead atoms. The van der Waals surface area contributed by atoms with Gasteiger partial charge in [-0.1, -0.05) is 0 Å². The molecule has 0 amide bonds. The molecule has 7 heteroatoms. The molecule has 0 saturated heterocycles. The number of hydrogen-bond acceptors (Lipinski definition) is 2. The van der Waals surface area contributed by atoms with Gasteiger partial charge in [0.25, 0.3) is 0 Å². The van der Waals surface area contributed by atoms with E-state index < -0.39 is 12.8 Å². The average Bonchev–Trinajstić information content (AvgIpc) is 2.95. The van der Waals surface area contributed by atoms with Gasteiger partial charge in [0.2, 0.25) is 0 Å². The smallest absolute Gasteiger partial charge is 0.422 e. The quantitative estimate of drug-likeness (QED) is 0.643. The number of nitrogens with zero attached hydrogens (tertiary/aromatic N) is 2. The van der Waals surface area contributed by atoms with Crippen LogP contribution in [0, 0.1) is 5.82 Å². The normalized spacial score (nSPS) is 13.2. The lowest BCUT2D eigenvalue weighted by Crippen LogP contribution is -2.19. The Morgan fingerprint density at radius 2 is 1.96 bits per heavy atom. The summed E-state index contributed by atoms with van der Waals surface area (Å²) in [7, 11) is 0. The van der Waals surface area contributed by atoms with Crippen molar-refractivity contribution in [3.8, 4) is 5.75 Å². The van der Waals surface area contributed by atoms with Crippen molar-refractivity contribution >= 4 is 10.9 Å². The second kappa shape index (κ2) is 6.14. The molecule has 24 heavy (non-hydrogen) atoms. The molecule has 0 aliphatic carbocycles. The number of hydrogen-bond donors (Lipinski definition) is 0. The van der Waals surface area contributed by atoms with Gasteiger partial charge >= 0.3 is 6.18 Å². The van der Waals surface area contributed by atoms with Crippen molar-refractivity contribution < 1.29 is 22.3 Å². The van der Waals surface area contributed by atoms with Crippen LogP contribution in [0.5, 0.6) is 5.75 Å². The van der Waals surface area contributed by atoms with E-state index in [1.807, 2.05) is 17.7 Å². The highest BCUT2D eigenvalue weighted by molar-refractivity contribution is 5.80. The SMILES string of the molecule is C[C@H](c1ccc(OCC(F)(F)F)cn1)n1ccc2cc(F)ccc21. The minimum atomic E-state index is -4.38. The summed E-state index contributed by atoms with van der Waals surface area (Å²) in [5, 5.41) is 0.770. The van der Waals surface area contributed by atoms with Gasteiger partial charge in [0.15, 0.2) is 6.61 Å². The lowest BCUT2D eigenvalue weighted by molar-refractivity contribution is -0.153. The average molecular weight is 338 g/mol. The van der Waals surface area contributed by atoms with Gasteiger partial charge in [-0.15, -0.1) is 0 Å². The molecule has 0 fully saturated rings. The molecule has 3 nitrogen and oxygen atoms in total. The monoisotopic (exact) mass is 338 g/mol. The van der Waals surface area contributed by atoms with Crippen LogP contribution in [0.3, 0.4) is 0 Å². The molecule has 1 atom stereocenters. The van der Waals surface area contributed by atoms with Crippen molar-refractivity contribution in [3.05, 3.63) is 60.3 Å². The maximum Gasteiger partial charge on any atom is 0.422 e. The Morgan fingerprint density at radius 1 is 1.17 bits per heavy atom. The number of aromatic nitrogens is 2. The lowest BCUT2D eigenvalue weighted by atomic mass is 10.2. The minimum Gasteiger partial charge on any atom is -0.483 e. The molecular weight excluding hydrogens is 324 g/mol. The predicted molar refractivity (Wildman–Crippen MR) is 81.5 cm³/mol. The summed E-state index contributed by atoms with van der Waals surface area (Å²) in [4.78, 5) is 4.17. The van der Waals surface area contributed by atoms with Crippen molar-refractivity contribution in [3.63, 3.8) is 0 Å². The predicted octanol–water partition coefficient (Wildman–Crippen LogP) is 4.73. The van der Waals surface area contributed by atoms with Crippen LogP contribution in [0.2, 0.25) is 0 Å². The van der Waals surface area contributed by atoms with Crippen LogP contribution in [-0.4, -0.2) is 22.3 Å². The fourth-order valence-corrected chi connectivity index (χ4v) is 2.50. The number of rotatable bonds is 4. The summed E-state index contributed by atoms with van der Waals surface area (Å²) in [6.07, 6.45) is -1.29. The van der Waals surface area contributed by atoms with Crippen LogP contribution in [-0.2, 0) is 0 Å². The van der Waals surface area contributed by atoms with Gasteiger partial charge in [0.05, 0.1) is 17.9 Å². The first-order chi connectivity index (χ1) is 11.3. The molecule has 0 spiro atoms. The molecule has 3 rings (SSSR count). The molecule has 0 aliphatic rings. The molecule has 3 aromatic rings. The van der Waals surface area contributed by atoms with Crippen molar-refractivity contribution in [2.24, 2.45) is 0 Å². The summed E-state index contributed by atoms with van der Waals surface area (Å²) < 4.78 is 56.2. The van der Waals surface area contributed by atoms with Gasteiger partial charge < -0.3 is 9.30 Å². The summed E-state index contributed by atoms with van der Waals surface area (Å²) in [5.74, 6) is -0.250. The summed E-state index contributed by atoms with van der Waals surface area (Å²) >= 11 is 0. The Morgan fingerprint density at radius 3 is 2.62 bits per heavy atom. The van der Waals surface area contributed by atoms with Crippen LogP contribution >= 0.6 is 0 Å². The Hall–Kier alpha value is -2.57. The third kappa shape index (κ3) is 3.50. The second-order valence-corrected chi connectivity index (χ2v) is 5.42. The highest BCUT2D eigenvalue weighted by atomic mass is 19.4. The molecule has 0 aliphatic heterocycles. The molecule has 126 valence electrons. The third-order valence-electron chi connectivity index (χ3n) is 3.69. The fourth-order valence-electron chi connectivity index (χ4n) is 2.50. The summed E-state index contributed by atoms with van der Waals surface area (Å²) in [6.45, 7) is 0.554. The van der Waals surface area contributed by atoms with Crippen LogP contribution < -0.4 is 4.74 Å². The Kier molecular flexibility index (Phi) is 4.17. The number of fused-ring (bicyclic) bond motifs is 1. The van der Waals surface area contributed by atoms with Gasteiger partial charge in [-0.25, -0.2) is 4.39 Å². The van der Waals surface area contributed by atoms with Crippen molar-refractivity contribution in [2.75, 3.05) is 6.61 Å². The number of alkyl halides is 3. The molecule has 2 aromatic heterocycles. The lowest BCUT2D eigenvalue weighted by Gasteiger charge is -2.16. The zero-order valence-electron chi connectivity index (χ0n) is 12.7. The number of pyridine rings is 1. The van der Waals surface area contributed by atoms with Gasteiger partial charge in [0.1, 0.15) is 11.6 Å². The van der Waals surface area contributed by atoms with Crippen molar-refractivity contribution in [1.29, 1.82) is 0 Å². The molecule has 1 aromatic carbocycles. The highest BCUT2D eigenvalue weighted by Gasteiger charge is 2.28. The molecule has 0 N–H and O–H groups in total. The Labute approximate surface area is 135 Å². The van der Waals surface area contributed by atoms with Crippen molar-refractivity contribution in [1.82, 2.24) is 9.55 Å². The van der Waals surface area contributed by atoms with Crippen LogP contribution in [0.4, 0.5) is 17.6 Å². The number of halogens is 4. The van der Waals surface area contributed by atoms with E-state index in [2.05, 4.69) is 9.72 Å². The fraction of sp³-hybridized carbons (Fsp3) is 0.235. The van der Waals surface area contributed by atoms with E-state index in [-0.39, 0.29) is 17.6 Å². The van der Waals surface area contributed by atoms with E-state index in [1.54, 1.807) is 18.2 Å². The maximum atomic E-state index is 13.3. The first-order valence-corrected chi connectivity index (χ1v) is 7.25. The number of ether oxygens (including phenoxy) is 1. The molecular formula is C17H14F4N2O. The second-order valence-electron chi connectivity index (χ2n) is 5.42. The van der Waals surface area contributed by atoms with Gasteiger partial charge in [-0.05, 0) is 43.3 Å². The largest absolute Gasteiger partial charge is 0.483 e. The third-order valence-corrected chi connectivity index (χ3v) is 3.69. The first-order valence-electron chi connectivity index (χ1n) is 7.25.